The molecule has 0 atom stereocenters. The Kier molecular flexibility index (Phi) is 5.08. The van der Waals surface area contributed by atoms with Crippen molar-refractivity contribution in [3.05, 3.63) is 17.8 Å². The maximum Gasteiger partial charge on any atom is 0.267 e. The number of nitrogens with one attached hydrogen (secondary N) is 2. The van der Waals surface area contributed by atoms with E-state index >= 15 is 0 Å². The lowest BCUT2D eigenvalue weighted by molar-refractivity contribution is 0.0930. The van der Waals surface area contributed by atoms with Crippen LogP contribution in [0.4, 0.5) is 0 Å². The van der Waals surface area contributed by atoms with Crippen LogP contribution in [0.15, 0.2) is 12.1 Å². The van der Waals surface area contributed by atoms with Crippen molar-refractivity contribution < 1.29 is 19.0 Å². The quantitative estimate of drug-likeness (QED) is 0.867. The Labute approximate surface area is 145 Å². The van der Waals surface area contributed by atoms with Gasteiger partial charge in [0.1, 0.15) is 11.4 Å². The van der Waals surface area contributed by atoms with Crippen molar-refractivity contribution >= 4 is 28.6 Å². The summed E-state index contributed by atoms with van der Waals surface area (Å²) in [5.74, 6) is 3.83. The van der Waals surface area contributed by atoms with Gasteiger partial charge in [-0.05, 0) is 30.4 Å². The van der Waals surface area contributed by atoms with Gasteiger partial charge in [-0.1, -0.05) is 0 Å². The number of carbonyl (C=O) groups is 1. The molecule has 0 bridgehead atoms. The van der Waals surface area contributed by atoms with Gasteiger partial charge in [-0.3, -0.25) is 4.79 Å². The van der Waals surface area contributed by atoms with Crippen LogP contribution >= 0.6 is 11.8 Å². The first-order valence-corrected chi connectivity index (χ1v) is 9.03. The minimum absolute atomic E-state index is 0.105. The van der Waals surface area contributed by atoms with Gasteiger partial charge in [-0.2, -0.15) is 11.8 Å². The zero-order valence-corrected chi connectivity index (χ0v) is 14.9. The monoisotopic (exact) mass is 350 g/mol. The average molecular weight is 350 g/mol. The van der Waals surface area contributed by atoms with E-state index in [-0.39, 0.29) is 11.9 Å². The van der Waals surface area contributed by atoms with Crippen LogP contribution in [0.5, 0.6) is 17.2 Å². The van der Waals surface area contributed by atoms with Crippen molar-refractivity contribution in [1.82, 2.24) is 10.3 Å². The van der Waals surface area contributed by atoms with Gasteiger partial charge in [0.2, 0.25) is 0 Å². The topological polar surface area (TPSA) is 72.6 Å². The van der Waals surface area contributed by atoms with Crippen LogP contribution in [0.3, 0.4) is 0 Å². The van der Waals surface area contributed by atoms with Crippen molar-refractivity contribution in [1.29, 1.82) is 0 Å². The fourth-order valence-electron chi connectivity index (χ4n) is 2.96. The number of H-pyrrole nitrogens is 1. The molecule has 2 N–H and O–H groups in total. The Hall–Kier alpha value is -2.02. The molecule has 1 aliphatic rings. The van der Waals surface area contributed by atoms with E-state index < -0.39 is 0 Å². The zero-order chi connectivity index (χ0) is 17.1. The van der Waals surface area contributed by atoms with Crippen LogP contribution in [-0.2, 0) is 0 Å². The standard InChI is InChI=1S/C17H22N2O4S/c1-21-13-9-14(22-2)16(23-3)15-11(13)8-12(19-15)17(20)18-10-4-6-24-7-5-10/h8-10,19H,4-7H2,1-3H3,(H,18,20). The molecule has 0 spiro atoms. The van der Waals surface area contributed by atoms with Gasteiger partial charge in [0, 0.05) is 17.5 Å². The molecule has 24 heavy (non-hydrogen) atoms. The summed E-state index contributed by atoms with van der Waals surface area (Å²) >= 11 is 1.93. The summed E-state index contributed by atoms with van der Waals surface area (Å²) in [5, 5.41) is 3.89. The second kappa shape index (κ2) is 7.25. The fourth-order valence-corrected chi connectivity index (χ4v) is 4.07. The molecule has 1 aromatic carbocycles. The SMILES string of the molecule is COc1cc(OC)c2cc(C(=O)NC3CCSCC3)[nH]c2c1OC. The molecule has 3 rings (SSSR count). The number of benzene rings is 1. The largest absolute Gasteiger partial charge is 0.496 e. The number of methoxy groups -OCH3 is 3. The highest BCUT2D eigenvalue weighted by Crippen LogP contribution is 2.41. The fraction of sp³-hybridized carbons (Fsp3) is 0.471. The predicted molar refractivity (Wildman–Crippen MR) is 95.8 cm³/mol. The number of fused-ring (bicyclic) bond motifs is 1. The van der Waals surface area contributed by atoms with Crippen molar-refractivity contribution in [3.63, 3.8) is 0 Å². The Bertz CT molecular complexity index is 738. The Morgan fingerprint density at radius 2 is 1.83 bits per heavy atom. The van der Waals surface area contributed by atoms with E-state index in [1.165, 1.54) is 0 Å². The van der Waals surface area contributed by atoms with Crippen LogP contribution in [-0.4, -0.2) is 49.8 Å². The van der Waals surface area contributed by atoms with E-state index in [1.807, 2.05) is 11.8 Å². The number of aromatic amines is 1. The van der Waals surface area contributed by atoms with Gasteiger partial charge < -0.3 is 24.5 Å². The summed E-state index contributed by atoms with van der Waals surface area (Å²) in [5.41, 5.74) is 1.19. The molecule has 0 saturated carbocycles. The van der Waals surface area contributed by atoms with Gasteiger partial charge in [0.15, 0.2) is 11.5 Å². The molecule has 1 amide bonds. The molecular weight excluding hydrogens is 328 g/mol. The van der Waals surface area contributed by atoms with Crippen LogP contribution in [0.25, 0.3) is 10.9 Å². The van der Waals surface area contributed by atoms with Crippen LogP contribution in [0.2, 0.25) is 0 Å². The Balaban J connectivity index is 1.95. The molecule has 1 aromatic heterocycles. The Morgan fingerprint density at radius 1 is 1.12 bits per heavy atom. The summed E-state index contributed by atoms with van der Waals surface area (Å²) in [6.07, 6.45) is 2.02. The maximum absolute atomic E-state index is 12.6. The van der Waals surface area contributed by atoms with Gasteiger partial charge in [0.25, 0.3) is 5.91 Å². The van der Waals surface area contributed by atoms with Crippen molar-refractivity contribution in [3.8, 4) is 17.2 Å². The number of rotatable bonds is 5. The first kappa shape index (κ1) is 16.8. The van der Waals surface area contributed by atoms with Crippen LogP contribution in [0, 0.1) is 0 Å². The van der Waals surface area contributed by atoms with E-state index in [0.29, 0.717) is 28.5 Å². The van der Waals surface area contributed by atoms with E-state index in [1.54, 1.807) is 33.5 Å². The third kappa shape index (κ3) is 3.13. The van der Waals surface area contributed by atoms with Gasteiger partial charge >= 0.3 is 0 Å². The molecule has 2 heterocycles. The van der Waals surface area contributed by atoms with E-state index in [4.69, 9.17) is 14.2 Å². The van der Waals surface area contributed by atoms with Crippen LogP contribution < -0.4 is 19.5 Å². The van der Waals surface area contributed by atoms with E-state index in [9.17, 15) is 4.79 Å². The third-order valence-corrected chi connectivity index (χ3v) is 5.29. The second-order valence-electron chi connectivity index (χ2n) is 5.65. The van der Waals surface area contributed by atoms with Crippen molar-refractivity contribution in [2.24, 2.45) is 0 Å². The minimum Gasteiger partial charge on any atom is -0.496 e. The highest BCUT2D eigenvalue weighted by molar-refractivity contribution is 7.99. The molecule has 0 unspecified atom stereocenters. The van der Waals surface area contributed by atoms with Crippen molar-refractivity contribution in [2.75, 3.05) is 32.8 Å². The number of hydrogen-bond acceptors (Lipinski definition) is 5. The summed E-state index contributed by atoms with van der Waals surface area (Å²) in [6.45, 7) is 0. The number of hydrogen-bond donors (Lipinski definition) is 2. The molecule has 1 fully saturated rings. The molecule has 7 heteroatoms. The molecule has 0 radical (unpaired) electrons. The number of amides is 1. The number of ether oxygens (including phenoxy) is 3. The van der Waals surface area contributed by atoms with Gasteiger partial charge in [-0.15, -0.1) is 0 Å². The smallest absolute Gasteiger partial charge is 0.267 e. The summed E-state index contributed by atoms with van der Waals surface area (Å²) in [7, 11) is 4.73. The lowest BCUT2D eigenvalue weighted by Crippen LogP contribution is -2.37. The van der Waals surface area contributed by atoms with E-state index in [2.05, 4.69) is 10.3 Å². The zero-order valence-electron chi connectivity index (χ0n) is 14.1. The summed E-state index contributed by atoms with van der Waals surface area (Å²) < 4.78 is 16.2. The third-order valence-electron chi connectivity index (χ3n) is 4.24. The first-order chi connectivity index (χ1) is 11.7. The molecule has 2 aromatic rings. The molecule has 6 nitrogen and oxygen atoms in total. The number of aromatic nitrogens is 1. The Morgan fingerprint density at radius 3 is 2.46 bits per heavy atom. The molecule has 0 aliphatic carbocycles. The highest BCUT2D eigenvalue weighted by Gasteiger charge is 2.21. The number of thioether (sulfide) groups is 1. The molecular formula is C17H22N2O4S. The minimum atomic E-state index is -0.105. The van der Waals surface area contributed by atoms with Crippen molar-refractivity contribution in [2.45, 2.75) is 18.9 Å². The lowest BCUT2D eigenvalue weighted by Gasteiger charge is -2.22. The summed E-state index contributed by atoms with van der Waals surface area (Å²) in [4.78, 5) is 15.7. The number of carbonyl (C=O) groups excluding carboxylic acids is 1. The molecule has 1 saturated heterocycles. The second-order valence-corrected chi connectivity index (χ2v) is 6.87. The van der Waals surface area contributed by atoms with Gasteiger partial charge in [-0.25, -0.2) is 0 Å². The molecule has 1 aliphatic heterocycles. The average Bonchev–Trinajstić information content (AvgIpc) is 3.06. The van der Waals surface area contributed by atoms with Gasteiger partial charge in [0.05, 0.1) is 26.8 Å². The van der Waals surface area contributed by atoms with E-state index in [0.717, 1.165) is 29.7 Å². The maximum atomic E-state index is 12.6. The molecule has 130 valence electrons. The normalized spacial score (nSPS) is 15.3. The highest BCUT2D eigenvalue weighted by atomic mass is 32.2. The van der Waals surface area contributed by atoms with Crippen LogP contribution in [0.1, 0.15) is 23.3 Å². The predicted octanol–water partition coefficient (Wildman–Crippen LogP) is 2.82. The summed E-state index contributed by atoms with van der Waals surface area (Å²) in [6, 6.07) is 3.79. The first-order valence-electron chi connectivity index (χ1n) is 7.88. The lowest BCUT2D eigenvalue weighted by atomic mass is 10.1.